The first-order valence-corrected chi connectivity index (χ1v) is 14.8. The molecule has 12 heteroatoms. The Morgan fingerprint density at radius 3 is 1.85 bits per heavy atom. The number of oxazole rings is 3. The van der Waals surface area contributed by atoms with Crippen LogP contribution in [0.1, 0.15) is 24.1 Å². The Bertz CT molecular complexity index is 2070. The van der Waals surface area contributed by atoms with E-state index >= 15 is 0 Å². The molecule has 11 nitrogen and oxygen atoms in total. The molecule has 8 aromatic rings. The molecule has 1 aliphatic carbocycles. The van der Waals surface area contributed by atoms with E-state index in [-0.39, 0.29) is 0 Å². The number of fused-ring (bicyclic) bond motifs is 3. The zero-order valence-electron chi connectivity index (χ0n) is 24.5. The highest BCUT2D eigenvalue weighted by Crippen LogP contribution is 2.24. The van der Waals surface area contributed by atoms with E-state index in [4.69, 9.17) is 20.4 Å². The van der Waals surface area contributed by atoms with E-state index in [0.29, 0.717) is 10.9 Å². The average Bonchev–Trinajstić information content (AvgIpc) is 3.95. The van der Waals surface area contributed by atoms with E-state index in [2.05, 4.69) is 50.4 Å². The van der Waals surface area contributed by atoms with Gasteiger partial charge in [-0.25, -0.2) is 29.9 Å². The Morgan fingerprint density at radius 1 is 0.565 bits per heavy atom. The SMILES string of the molecule is Clc1ccc2ncccc2n1.c1cnc2ccc(-c3cnco3)nc2c1.c1cocn1.c1ncc(-c2ccc3c(n2)CCCC3)o1. The van der Waals surface area contributed by atoms with Crippen molar-refractivity contribution < 1.29 is 13.3 Å². The molecule has 0 atom stereocenters. The molecule has 0 aliphatic heterocycles. The Balaban J connectivity index is 0.000000114. The second-order valence-corrected chi connectivity index (χ2v) is 10.2. The summed E-state index contributed by atoms with van der Waals surface area (Å²) in [7, 11) is 0. The number of nitrogens with zero attached hydrogens (tertiary/aromatic N) is 8. The Kier molecular flexibility index (Phi) is 10.0. The number of halogens is 1. The third kappa shape index (κ3) is 8.01. The highest BCUT2D eigenvalue weighted by atomic mass is 35.5. The molecule has 0 saturated heterocycles. The molecule has 228 valence electrons. The van der Waals surface area contributed by atoms with Crippen molar-refractivity contribution in [3.8, 4) is 22.9 Å². The summed E-state index contributed by atoms with van der Waals surface area (Å²) in [6.07, 6.45) is 18.9. The summed E-state index contributed by atoms with van der Waals surface area (Å²) in [5.41, 5.74) is 7.73. The van der Waals surface area contributed by atoms with Crippen molar-refractivity contribution in [3.05, 3.63) is 134 Å². The molecular formula is C34H27ClN8O3. The van der Waals surface area contributed by atoms with E-state index < -0.39 is 0 Å². The van der Waals surface area contributed by atoms with Gasteiger partial charge in [-0.3, -0.25) is 9.97 Å². The van der Waals surface area contributed by atoms with Crippen LogP contribution in [0.3, 0.4) is 0 Å². The van der Waals surface area contributed by atoms with Gasteiger partial charge in [-0.2, -0.15) is 0 Å². The highest BCUT2D eigenvalue weighted by molar-refractivity contribution is 6.29. The van der Waals surface area contributed by atoms with Gasteiger partial charge in [0.2, 0.25) is 0 Å². The molecule has 0 N–H and O–H groups in total. The number of aryl methyl sites for hydroxylation is 2. The molecule has 0 spiro atoms. The van der Waals surface area contributed by atoms with Crippen LogP contribution < -0.4 is 0 Å². The first kappa shape index (κ1) is 30.2. The van der Waals surface area contributed by atoms with Gasteiger partial charge in [0.25, 0.3) is 0 Å². The lowest BCUT2D eigenvalue weighted by atomic mass is 9.96. The molecule has 0 aromatic carbocycles. The number of hydrogen-bond acceptors (Lipinski definition) is 11. The molecule has 0 radical (unpaired) electrons. The van der Waals surface area contributed by atoms with Crippen LogP contribution in [-0.2, 0) is 12.8 Å². The van der Waals surface area contributed by atoms with Crippen LogP contribution in [0.2, 0.25) is 5.15 Å². The monoisotopic (exact) mass is 630 g/mol. The van der Waals surface area contributed by atoms with Crippen LogP contribution in [0, 0.1) is 0 Å². The second kappa shape index (κ2) is 15.3. The molecular weight excluding hydrogens is 604 g/mol. The fourth-order valence-corrected chi connectivity index (χ4v) is 4.76. The summed E-state index contributed by atoms with van der Waals surface area (Å²) in [6.45, 7) is 0. The van der Waals surface area contributed by atoms with Crippen LogP contribution >= 0.6 is 11.6 Å². The summed E-state index contributed by atoms with van der Waals surface area (Å²) >= 11 is 5.68. The molecule has 0 unspecified atom stereocenters. The molecule has 0 bridgehead atoms. The second-order valence-electron chi connectivity index (χ2n) is 9.83. The Morgan fingerprint density at radius 2 is 1.22 bits per heavy atom. The number of hydrogen-bond donors (Lipinski definition) is 0. The lowest BCUT2D eigenvalue weighted by Gasteiger charge is -2.14. The Labute approximate surface area is 268 Å². The minimum absolute atomic E-state index is 0.505. The minimum atomic E-state index is 0.505. The molecule has 9 rings (SSSR count). The van der Waals surface area contributed by atoms with Crippen molar-refractivity contribution in [1.29, 1.82) is 0 Å². The fraction of sp³-hybridized carbons (Fsp3) is 0.118. The van der Waals surface area contributed by atoms with Crippen molar-refractivity contribution in [1.82, 2.24) is 39.9 Å². The predicted molar refractivity (Wildman–Crippen MR) is 172 cm³/mol. The van der Waals surface area contributed by atoms with Crippen LogP contribution in [0.15, 0.2) is 130 Å². The number of pyridine rings is 5. The highest BCUT2D eigenvalue weighted by Gasteiger charge is 2.12. The smallest absolute Gasteiger partial charge is 0.181 e. The number of rotatable bonds is 2. The maximum Gasteiger partial charge on any atom is 0.181 e. The summed E-state index contributed by atoms with van der Waals surface area (Å²) in [6, 6.07) is 19.1. The third-order valence-electron chi connectivity index (χ3n) is 6.77. The van der Waals surface area contributed by atoms with E-state index in [9.17, 15) is 0 Å². The van der Waals surface area contributed by atoms with Gasteiger partial charge in [0, 0.05) is 18.1 Å². The summed E-state index contributed by atoms with van der Waals surface area (Å²) in [5.74, 6) is 1.42. The van der Waals surface area contributed by atoms with Gasteiger partial charge in [-0.1, -0.05) is 17.7 Å². The summed E-state index contributed by atoms with van der Waals surface area (Å²) in [5, 5.41) is 0.505. The van der Waals surface area contributed by atoms with Crippen LogP contribution in [0.4, 0.5) is 0 Å². The molecule has 1 aliphatic rings. The molecule has 8 aromatic heterocycles. The van der Waals surface area contributed by atoms with Gasteiger partial charge in [0.15, 0.2) is 30.7 Å². The lowest BCUT2D eigenvalue weighted by molar-refractivity contribution is 0.558. The van der Waals surface area contributed by atoms with Crippen molar-refractivity contribution >= 4 is 33.7 Å². The topological polar surface area (TPSA) is 143 Å². The average molecular weight is 631 g/mol. The molecule has 8 heterocycles. The fourth-order valence-electron chi connectivity index (χ4n) is 4.61. The minimum Gasteiger partial charge on any atom is -0.452 e. The van der Waals surface area contributed by atoms with Gasteiger partial charge in [-0.15, -0.1) is 0 Å². The van der Waals surface area contributed by atoms with Crippen molar-refractivity contribution in [2.75, 3.05) is 0 Å². The maximum atomic E-state index is 5.68. The van der Waals surface area contributed by atoms with Crippen LogP contribution in [-0.4, -0.2) is 39.9 Å². The van der Waals surface area contributed by atoms with Gasteiger partial charge < -0.3 is 13.3 Å². The van der Waals surface area contributed by atoms with E-state index in [1.807, 2.05) is 48.5 Å². The standard InChI is InChI=1S/C12H12N2O.C11H7N3O.C8H5ClN2.C3H3NO/c1-2-4-10-9(3-1)5-6-11(14-10)12-7-13-8-15-12;1-2-9-8(13-5-1)3-4-10(14-9)11-6-12-7-15-11;9-8-4-3-6-7(11-8)2-1-5-10-6;1-2-5-3-4-1/h5-8H,1-4H2;1-7H;1-5H;1-3H. The normalized spacial score (nSPS) is 11.7. The molecule has 46 heavy (non-hydrogen) atoms. The van der Waals surface area contributed by atoms with Crippen LogP contribution in [0.25, 0.3) is 45.0 Å². The van der Waals surface area contributed by atoms with E-state index in [0.717, 1.165) is 45.6 Å². The molecule has 0 fully saturated rings. The molecule has 0 amide bonds. The zero-order chi connectivity index (χ0) is 31.4. The lowest BCUT2D eigenvalue weighted by Crippen LogP contribution is -2.05. The first-order chi connectivity index (χ1) is 22.7. The third-order valence-corrected chi connectivity index (χ3v) is 6.98. The van der Waals surface area contributed by atoms with Crippen molar-refractivity contribution in [3.63, 3.8) is 0 Å². The van der Waals surface area contributed by atoms with Crippen molar-refractivity contribution in [2.45, 2.75) is 25.7 Å². The van der Waals surface area contributed by atoms with E-state index in [1.54, 1.807) is 37.1 Å². The number of aromatic nitrogens is 8. The maximum absolute atomic E-state index is 5.68. The van der Waals surface area contributed by atoms with Gasteiger partial charge in [0.1, 0.15) is 22.8 Å². The summed E-state index contributed by atoms with van der Waals surface area (Å²) < 4.78 is 14.9. The van der Waals surface area contributed by atoms with Gasteiger partial charge in [0.05, 0.1) is 40.7 Å². The van der Waals surface area contributed by atoms with Gasteiger partial charge >= 0.3 is 0 Å². The van der Waals surface area contributed by atoms with E-state index in [1.165, 1.54) is 56.0 Å². The Hall–Kier alpha value is -5.81. The predicted octanol–water partition coefficient (Wildman–Crippen LogP) is 7.86. The first-order valence-electron chi connectivity index (χ1n) is 14.4. The largest absolute Gasteiger partial charge is 0.452 e. The van der Waals surface area contributed by atoms with Crippen molar-refractivity contribution in [2.24, 2.45) is 0 Å². The summed E-state index contributed by atoms with van der Waals surface area (Å²) in [4.78, 5) is 32.7. The zero-order valence-corrected chi connectivity index (χ0v) is 25.2. The molecule has 0 saturated carbocycles. The quantitative estimate of drug-likeness (QED) is 0.172. The van der Waals surface area contributed by atoms with Crippen LogP contribution in [0.5, 0.6) is 0 Å². The van der Waals surface area contributed by atoms with Gasteiger partial charge in [-0.05, 0) is 85.8 Å².